The Bertz CT molecular complexity index is 677. The van der Waals surface area contributed by atoms with Gasteiger partial charge in [0, 0.05) is 12.1 Å². The maximum Gasteiger partial charge on any atom is 0.170 e. The van der Waals surface area contributed by atoms with Crippen molar-refractivity contribution in [2.24, 2.45) is 0 Å². The van der Waals surface area contributed by atoms with Crippen LogP contribution >= 0.6 is 0 Å². The van der Waals surface area contributed by atoms with E-state index in [9.17, 15) is 18.0 Å². The van der Waals surface area contributed by atoms with Crippen LogP contribution in [0.5, 0.6) is 5.75 Å². The Morgan fingerprint density at radius 2 is 1.65 bits per heavy atom. The molecule has 102 valence electrons. The first-order valence-electron chi connectivity index (χ1n) is 5.98. The number of fused-ring (bicyclic) bond motifs is 1. The van der Waals surface area contributed by atoms with Gasteiger partial charge in [-0.1, -0.05) is 0 Å². The van der Waals surface area contributed by atoms with Gasteiger partial charge >= 0.3 is 0 Å². The van der Waals surface area contributed by atoms with Crippen LogP contribution in [0, 0.1) is 17.5 Å². The minimum absolute atomic E-state index is 0.0402. The summed E-state index contributed by atoms with van der Waals surface area (Å²) in [5.41, 5.74) is 0.491. The van der Waals surface area contributed by atoms with E-state index in [-0.39, 0.29) is 29.1 Å². The number of hydrogen-bond acceptors (Lipinski definition) is 2. The van der Waals surface area contributed by atoms with Gasteiger partial charge in [0.05, 0.1) is 12.0 Å². The fourth-order valence-electron chi connectivity index (χ4n) is 2.24. The van der Waals surface area contributed by atoms with Crippen LogP contribution < -0.4 is 4.74 Å². The zero-order chi connectivity index (χ0) is 14.3. The molecule has 1 atom stereocenters. The van der Waals surface area contributed by atoms with E-state index in [1.54, 1.807) is 0 Å². The molecule has 2 aromatic carbocycles. The molecule has 1 aliphatic heterocycles. The Labute approximate surface area is 112 Å². The Morgan fingerprint density at radius 3 is 2.35 bits per heavy atom. The molecule has 0 saturated carbocycles. The van der Waals surface area contributed by atoms with Gasteiger partial charge in [-0.25, -0.2) is 13.2 Å². The minimum Gasteiger partial charge on any atom is -0.484 e. The second-order valence-corrected chi connectivity index (χ2v) is 4.58. The zero-order valence-corrected chi connectivity index (χ0v) is 10.2. The number of halogens is 3. The average molecular weight is 278 g/mol. The summed E-state index contributed by atoms with van der Waals surface area (Å²) in [5, 5.41) is 0. The molecule has 3 rings (SSSR count). The highest BCUT2D eigenvalue weighted by atomic mass is 19.1. The van der Waals surface area contributed by atoms with Crippen LogP contribution in [-0.2, 0) is 0 Å². The number of benzene rings is 2. The highest BCUT2D eigenvalue weighted by molar-refractivity contribution is 5.99. The van der Waals surface area contributed by atoms with E-state index in [1.165, 1.54) is 12.1 Å². The summed E-state index contributed by atoms with van der Waals surface area (Å²) in [6.07, 6.45) is -0.858. The molecule has 0 amide bonds. The van der Waals surface area contributed by atoms with Gasteiger partial charge in [-0.15, -0.1) is 0 Å². The predicted octanol–water partition coefficient (Wildman–Crippen LogP) is 3.81. The Balaban J connectivity index is 2.00. The van der Waals surface area contributed by atoms with Crippen LogP contribution in [0.25, 0.3) is 0 Å². The first-order chi connectivity index (χ1) is 9.52. The lowest BCUT2D eigenvalue weighted by atomic mass is 9.96. The number of Topliss-reactive ketones (excluding diaryl/α,β-unsaturated/α-hetero) is 1. The second kappa shape index (κ2) is 4.67. The van der Waals surface area contributed by atoms with E-state index in [2.05, 4.69) is 0 Å². The van der Waals surface area contributed by atoms with Gasteiger partial charge in [0.15, 0.2) is 5.78 Å². The number of ketones is 1. The average Bonchev–Trinajstić information content (AvgIpc) is 2.36. The van der Waals surface area contributed by atoms with Gasteiger partial charge in [-0.05, 0) is 29.8 Å². The third kappa shape index (κ3) is 2.27. The first kappa shape index (κ1) is 12.7. The molecule has 1 heterocycles. The van der Waals surface area contributed by atoms with E-state index in [1.807, 2.05) is 0 Å². The third-order valence-corrected chi connectivity index (χ3v) is 3.14. The smallest absolute Gasteiger partial charge is 0.170 e. The molecule has 0 bridgehead atoms. The molecule has 0 fully saturated rings. The third-order valence-electron chi connectivity index (χ3n) is 3.14. The lowest BCUT2D eigenvalue weighted by Crippen LogP contribution is -2.20. The molecular formula is C15H9F3O2. The van der Waals surface area contributed by atoms with Crippen LogP contribution in [0.15, 0.2) is 36.4 Å². The van der Waals surface area contributed by atoms with Crippen LogP contribution in [0.1, 0.15) is 28.4 Å². The van der Waals surface area contributed by atoms with E-state index in [0.717, 1.165) is 24.3 Å². The molecule has 2 nitrogen and oxygen atoms in total. The summed E-state index contributed by atoms with van der Waals surface area (Å²) in [6, 6.07) is 6.55. The quantitative estimate of drug-likeness (QED) is 0.793. The predicted molar refractivity (Wildman–Crippen MR) is 65.1 cm³/mol. The van der Waals surface area contributed by atoms with Crippen molar-refractivity contribution in [3.63, 3.8) is 0 Å². The standard InChI is InChI=1S/C15H9F3O2/c16-9-1-2-12-13(19)7-14(20-15(12)6-9)8-3-10(17)5-11(18)4-8/h1-6,14H,7H2. The largest absolute Gasteiger partial charge is 0.484 e. The van der Waals surface area contributed by atoms with Gasteiger partial charge in [0.25, 0.3) is 0 Å². The van der Waals surface area contributed by atoms with Crippen molar-refractivity contribution >= 4 is 5.78 Å². The van der Waals surface area contributed by atoms with Crippen LogP contribution in [0.3, 0.4) is 0 Å². The molecular weight excluding hydrogens is 269 g/mol. The maximum atomic E-state index is 13.2. The SMILES string of the molecule is O=C1CC(c2cc(F)cc(F)c2)Oc2cc(F)ccc21. The van der Waals surface area contributed by atoms with Crippen molar-refractivity contribution in [1.82, 2.24) is 0 Å². The highest BCUT2D eigenvalue weighted by Gasteiger charge is 2.28. The van der Waals surface area contributed by atoms with Crippen LogP contribution in [-0.4, -0.2) is 5.78 Å². The van der Waals surface area contributed by atoms with Crippen LogP contribution in [0.4, 0.5) is 13.2 Å². The Hall–Kier alpha value is -2.30. The molecule has 2 aromatic rings. The zero-order valence-electron chi connectivity index (χ0n) is 10.2. The second-order valence-electron chi connectivity index (χ2n) is 4.58. The van der Waals surface area contributed by atoms with Crippen molar-refractivity contribution < 1.29 is 22.7 Å². The lowest BCUT2D eigenvalue weighted by molar-refractivity contribution is 0.0848. The van der Waals surface area contributed by atoms with E-state index in [4.69, 9.17) is 4.74 Å². The Kier molecular flexibility index (Phi) is 2.97. The van der Waals surface area contributed by atoms with E-state index in [0.29, 0.717) is 0 Å². The molecule has 0 radical (unpaired) electrons. The number of hydrogen-bond donors (Lipinski definition) is 0. The fraction of sp³-hybridized carbons (Fsp3) is 0.133. The number of carbonyl (C=O) groups is 1. The van der Waals surface area contributed by atoms with Gasteiger partial charge in [0.2, 0.25) is 0 Å². The van der Waals surface area contributed by atoms with Gasteiger partial charge < -0.3 is 4.74 Å². The molecule has 20 heavy (non-hydrogen) atoms. The normalized spacial score (nSPS) is 17.6. The molecule has 0 N–H and O–H groups in total. The monoisotopic (exact) mass is 278 g/mol. The molecule has 5 heteroatoms. The van der Waals surface area contributed by atoms with Crippen molar-refractivity contribution in [3.8, 4) is 5.75 Å². The molecule has 0 aliphatic carbocycles. The summed E-state index contributed by atoms with van der Waals surface area (Å²) < 4.78 is 45.1. The maximum absolute atomic E-state index is 13.2. The first-order valence-corrected chi connectivity index (χ1v) is 5.98. The van der Waals surface area contributed by atoms with Crippen molar-refractivity contribution in [2.75, 3.05) is 0 Å². The summed E-state index contributed by atoms with van der Waals surface area (Å²) in [4.78, 5) is 12.0. The number of rotatable bonds is 1. The molecule has 1 aliphatic rings. The summed E-state index contributed by atoms with van der Waals surface area (Å²) in [7, 11) is 0. The molecule has 0 aromatic heterocycles. The number of carbonyl (C=O) groups excluding carboxylic acids is 1. The molecule has 1 unspecified atom stereocenters. The summed E-state index contributed by atoms with van der Waals surface area (Å²) in [6.45, 7) is 0. The van der Waals surface area contributed by atoms with E-state index < -0.39 is 23.6 Å². The van der Waals surface area contributed by atoms with Crippen LogP contribution in [0.2, 0.25) is 0 Å². The lowest BCUT2D eigenvalue weighted by Gasteiger charge is -2.25. The van der Waals surface area contributed by atoms with Gasteiger partial charge in [-0.3, -0.25) is 4.79 Å². The van der Waals surface area contributed by atoms with Gasteiger partial charge in [0.1, 0.15) is 29.3 Å². The minimum atomic E-state index is -0.818. The summed E-state index contributed by atoms with van der Waals surface area (Å²) in [5.74, 6) is -2.19. The number of ether oxygens (including phenoxy) is 1. The van der Waals surface area contributed by atoms with Gasteiger partial charge in [-0.2, -0.15) is 0 Å². The topological polar surface area (TPSA) is 26.3 Å². The van der Waals surface area contributed by atoms with Crippen molar-refractivity contribution in [2.45, 2.75) is 12.5 Å². The Morgan fingerprint density at radius 1 is 0.950 bits per heavy atom. The van der Waals surface area contributed by atoms with Crippen molar-refractivity contribution in [1.29, 1.82) is 0 Å². The summed E-state index contributed by atoms with van der Waals surface area (Å²) >= 11 is 0. The highest BCUT2D eigenvalue weighted by Crippen LogP contribution is 2.35. The fourth-order valence-corrected chi connectivity index (χ4v) is 2.24. The van der Waals surface area contributed by atoms with Crippen molar-refractivity contribution in [3.05, 3.63) is 65.0 Å². The van der Waals surface area contributed by atoms with E-state index >= 15 is 0 Å². The molecule has 0 spiro atoms. The molecule has 0 saturated heterocycles.